The summed E-state index contributed by atoms with van der Waals surface area (Å²) >= 11 is 0. The van der Waals surface area contributed by atoms with Crippen LogP contribution in [0.15, 0.2) is 24.3 Å². The van der Waals surface area contributed by atoms with Crippen LogP contribution >= 0.6 is 0 Å². The van der Waals surface area contributed by atoms with Crippen LogP contribution in [-0.2, 0) is 0 Å². The van der Waals surface area contributed by atoms with Gasteiger partial charge in [0, 0.05) is 31.9 Å². The quantitative estimate of drug-likeness (QED) is 0.656. The maximum Gasteiger partial charge on any atom is 0.0402 e. The largest absolute Gasteiger partial charge is 0.369 e. The second kappa shape index (κ2) is 8.58. The number of benzene rings is 1. The number of nitrogens with zero attached hydrogens (tertiary/aromatic N) is 2. The van der Waals surface area contributed by atoms with Gasteiger partial charge in [0.15, 0.2) is 0 Å². The third-order valence-electron chi connectivity index (χ3n) is 7.18. The Morgan fingerprint density at radius 3 is 2.16 bits per heavy atom. The molecule has 0 unspecified atom stereocenters. The zero-order valence-electron chi connectivity index (χ0n) is 16.8. The second-order valence-electron chi connectivity index (χ2n) is 8.37. The Bertz CT molecular complexity index is 517. The molecular formula is C23H38N2. The topological polar surface area (TPSA) is 6.48 Å². The van der Waals surface area contributed by atoms with Gasteiger partial charge in [-0.1, -0.05) is 51.8 Å². The fourth-order valence-electron chi connectivity index (χ4n) is 5.15. The molecule has 0 amide bonds. The molecule has 0 N–H and O–H groups in total. The number of hydrogen-bond acceptors (Lipinski definition) is 2. The molecule has 1 aromatic rings. The van der Waals surface area contributed by atoms with Crippen LogP contribution in [0.25, 0.3) is 0 Å². The smallest absolute Gasteiger partial charge is 0.0402 e. The molecule has 2 nitrogen and oxygen atoms in total. The molecule has 2 heteroatoms. The van der Waals surface area contributed by atoms with Gasteiger partial charge in [0.1, 0.15) is 0 Å². The Hall–Kier alpha value is -1.02. The van der Waals surface area contributed by atoms with Crippen LogP contribution in [0.2, 0.25) is 0 Å². The summed E-state index contributed by atoms with van der Waals surface area (Å²) in [6.45, 7) is 13.2. The van der Waals surface area contributed by atoms with Gasteiger partial charge in [-0.25, -0.2) is 0 Å². The summed E-state index contributed by atoms with van der Waals surface area (Å²) in [7, 11) is 0. The minimum Gasteiger partial charge on any atom is -0.369 e. The summed E-state index contributed by atoms with van der Waals surface area (Å²) in [5.41, 5.74) is 3.80. The molecular weight excluding hydrogens is 304 g/mol. The van der Waals surface area contributed by atoms with Gasteiger partial charge in [-0.2, -0.15) is 0 Å². The van der Waals surface area contributed by atoms with Gasteiger partial charge in [0.05, 0.1) is 0 Å². The van der Waals surface area contributed by atoms with E-state index in [4.69, 9.17) is 0 Å². The molecule has 0 atom stereocenters. The molecule has 1 saturated carbocycles. The first-order valence-corrected chi connectivity index (χ1v) is 10.8. The van der Waals surface area contributed by atoms with E-state index in [2.05, 4.69) is 54.8 Å². The van der Waals surface area contributed by atoms with E-state index >= 15 is 0 Å². The standard InChI is InChI=1S/C23H38N2/c1-4-15-24-16-18-25(19-17-24)22-10-8-7-9-21(22)20-11-13-23(5-2,6-3)14-12-20/h7-10,20H,4-6,11-19H2,1-3H3. The third-order valence-corrected chi connectivity index (χ3v) is 7.18. The van der Waals surface area contributed by atoms with E-state index in [1.54, 1.807) is 5.56 Å². The van der Waals surface area contributed by atoms with Crippen molar-refractivity contribution in [3.63, 3.8) is 0 Å². The van der Waals surface area contributed by atoms with E-state index < -0.39 is 0 Å². The Kier molecular flexibility index (Phi) is 6.44. The average Bonchev–Trinajstić information content (AvgIpc) is 2.69. The second-order valence-corrected chi connectivity index (χ2v) is 8.37. The predicted molar refractivity (Wildman–Crippen MR) is 110 cm³/mol. The molecule has 0 spiro atoms. The molecule has 0 bridgehead atoms. The molecule has 25 heavy (non-hydrogen) atoms. The zero-order chi connectivity index (χ0) is 17.7. The average molecular weight is 343 g/mol. The van der Waals surface area contributed by atoms with Gasteiger partial charge in [-0.05, 0) is 61.6 Å². The summed E-state index contributed by atoms with van der Waals surface area (Å²) in [4.78, 5) is 5.28. The molecule has 3 rings (SSSR count). The van der Waals surface area contributed by atoms with Crippen LogP contribution < -0.4 is 4.90 Å². The van der Waals surface area contributed by atoms with Crippen LogP contribution in [0.3, 0.4) is 0 Å². The molecule has 2 fully saturated rings. The van der Waals surface area contributed by atoms with Gasteiger partial charge in [0.25, 0.3) is 0 Å². The molecule has 1 aromatic carbocycles. The summed E-state index contributed by atoms with van der Waals surface area (Å²) in [5.74, 6) is 0.774. The highest BCUT2D eigenvalue weighted by molar-refractivity contribution is 5.55. The van der Waals surface area contributed by atoms with Gasteiger partial charge >= 0.3 is 0 Å². The first-order valence-electron chi connectivity index (χ1n) is 10.8. The third kappa shape index (κ3) is 4.22. The molecule has 140 valence electrons. The van der Waals surface area contributed by atoms with E-state index in [1.165, 1.54) is 83.4 Å². The predicted octanol–water partition coefficient (Wildman–Crippen LogP) is 5.68. The molecule has 0 aromatic heterocycles. The lowest BCUT2D eigenvalue weighted by molar-refractivity contribution is 0.159. The van der Waals surface area contributed by atoms with E-state index in [9.17, 15) is 0 Å². The summed E-state index contributed by atoms with van der Waals surface area (Å²) in [6.07, 6.45) is 9.60. The zero-order valence-corrected chi connectivity index (χ0v) is 16.8. The van der Waals surface area contributed by atoms with Crippen molar-refractivity contribution >= 4 is 5.69 Å². The normalized spacial score (nSPS) is 22.3. The van der Waals surface area contributed by atoms with Crippen molar-refractivity contribution in [2.45, 2.75) is 71.6 Å². The Labute approximate surface area is 155 Å². The summed E-state index contributed by atoms with van der Waals surface area (Å²) in [6, 6.07) is 9.30. The van der Waals surface area contributed by atoms with Gasteiger partial charge in [0.2, 0.25) is 0 Å². The Morgan fingerprint density at radius 1 is 0.920 bits per heavy atom. The summed E-state index contributed by atoms with van der Waals surface area (Å²) in [5, 5.41) is 0. The molecule has 1 saturated heterocycles. The monoisotopic (exact) mass is 342 g/mol. The number of rotatable bonds is 6. The number of anilines is 1. The maximum atomic E-state index is 2.66. The molecule has 2 aliphatic rings. The minimum absolute atomic E-state index is 0.636. The van der Waals surface area contributed by atoms with E-state index in [-0.39, 0.29) is 0 Å². The first-order chi connectivity index (χ1) is 12.2. The van der Waals surface area contributed by atoms with Gasteiger partial charge < -0.3 is 4.90 Å². The highest BCUT2D eigenvalue weighted by Gasteiger charge is 2.33. The lowest BCUT2D eigenvalue weighted by Crippen LogP contribution is -2.46. The summed E-state index contributed by atoms with van der Waals surface area (Å²) < 4.78 is 0. The van der Waals surface area contributed by atoms with Crippen molar-refractivity contribution in [2.24, 2.45) is 5.41 Å². The SMILES string of the molecule is CCCN1CCN(c2ccccc2C2CCC(CC)(CC)CC2)CC1. The molecule has 1 heterocycles. The number of para-hydroxylation sites is 1. The molecule has 1 aliphatic carbocycles. The highest BCUT2D eigenvalue weighted by Crippen LogP contribution is 2.48. The van der Waals surface area contributed by atoms with Crippen molar-refractivity contribution in [3.05, 3.63) is 29.8 Å². The van der Waals surface area contributed by atoms with Crippen LogP contribution in [0, 0.1) is 5.41 Å². The van der Waals surface area contributed by atoms with E-state index in [0.29, 0.717) is 5.41 Å². The van der Waals surface area contributed by atoms with Crippen molar-refractivity contribution in [1.82, 2.24) is 4.90 Å². The van der Waals surface area contributed by atoms with Crippen LogP contribution in [0.1, 0.15) is 77.2 Å². The lowest BCUT2D eigenvalue weighted by atomic mass is 9.66. The lowest BCUT2D eigenvalue weighted by Gasteiger charge is -2.41. The number of hydrogen-bond donors (Lipinski definition) is 0. The van der Waals surface area contributed by atoms with Crippen molar-refractivity contribution in [1.29, 1.82) is 0 Å². The van der Waals surface area contributed by atoms with Crippen molar-refractivity contribution in [2.75, 3.05) is 37.6 Å². The Morgan fingerprint density at radius 2 is 1.56 bits per heavy atom. The maximum absolute atomic E-state index is 2.66. The Balaban J connectivity index is 1.68. The highest BCUT2D eigenvalue weighted by atomic mass is 15.3. The van der Waals surface area contributed by atoms with Crippen molar-refractivity contribution in [3.8, 4) is 0 Å². The van der Waals surface area contributed by atoms with Crippen LogP contribution in [0.4, 0.5) is 5.69 Å². The fraction of sp³-hybridized carbons (Fsp3) is 0.739. The van der Waals surface area contributed by atoms with Gasteiger partial charge in [-0.3, -0.25) is 4.90 Å². The van der Waals surface area contributed by atoms with Crippen LogP contribution in [0.5, 0.6) is 0 Å². The van der Waals surface area contributed by atoms with E-state index in [0.717, 1.165) is 5.92 Å². The molecule has 1 aliphatic heterocycles. The van der Waals surface area contributed by atoms with Crippen LogP contribution in [-0.4, -0.2) is 37.6 Å². The fourth-order valence-corrected chi connectivity index (χ4v) is 5.15. The molecule has 0 radical (unpaired) electrons. The van der Waals surface area contributed by atoms with Gasteiger partial charge in [-0.15, -0.1) is 0 Å². The van der Waals surface area contributed by atoms with Crippen molar-refractivity contribution < 1.29 is 0 Å². The number of piperazine rings is 1. The minimum atomic E-state index is 0.636. The van der Waals surface area contributed by atoms with E-state index in [1.807, 2.05) is 0 Å². The first kappa shape index (κ1) is 18.8.